The average Bonchev–Trinajstić information content (AvgIpc) is 3.55. The molecule has 0 aliphatic heterocycles. The van der Waals surface area contributed by atoms with Crippen LogP contribution in [0.15, 0.2) is 43.6 Å². The lowest BCUT2D eigenvalue weighted by molar-refractivity contribution is 0.396. The van der Waals surface area contributed by atoms with Crippen molar-refractivity contribution >= 4 is 0 Å². The summed E-state index contributed by atoms with van der Waals surface area (Å²) in [5.41, 5.74) is 1.72. The van der Waals surface area contributed by atoms with Gasteiger partial charge in [-0.25, -0.2) is 15.0 Å². The molecule has 0 fully saturated rings. The van der Waals surface area contributed by atoms with E-state index in [2.05, 4.69) is 91.8 Å². The molecular weight excluding hydrogens is 408 g/mol. The number of H-pyrrole nitrogens is 2. The summed E-state index contributed by atoms with van der Waals surface area (Å²) in [5, 5.41) is 0. The molecule has 3 aromatic rings. The maximum Gasteiger partial charge on any atom is 0.111 e. The molecule has 0 aliphatic carbocycles. The number of hydrogen-bond acceptors (Lipinski definition) is 3. The summed E-state index contributed by atoms with van der Waals surface area (Å²) in [4.78, 5) is 18.1. The minimum absolute atomic E-state index is 0.156. The summed E-state index contributed by atoms with van der Waals surface area (Å²) in [5.74, 6) is 1.04. The molecule has 0 saturated heterocycles. The van der Waals surface area contributed by atoms with E-state index in [1.807, 2.05) is 66.5 Å². The first-order valence-electron chi connectivity index (χ1n) is 12.3. The Morgan fingerprint density at radius 3 is 1.42 bits per heavy atom. The highest BCUT2D eigenvalue weighted by Crippen LogP contribution is 2.18. The second-order valence-corrected chi connectivity index (χ2v) is 9.54. The third-order valence-electron chi connectivity index (χ3n) is 3.79. The molecule has 33 heavy (non-hydrogen) atoms. The summed E-state index contributed by atoms with van der Waals surface area (Å²) in [6.45, 7) is 31.3. The van der Waals surface area contributed by atoms with E-state index in [1.54, 1.807) is 18.7 Å². The molecule has 0 amide bonds. The topological polar surface area (TPSA) is 75.2 Å². The van der Waals surface area contributed by atoms with Gasteiger partial charge in [0.1, 0.15) is 5.82 Å². The van der Waals surface area contributed by atoms with Crippen molar-refractivity contribution in [1.82, 2.24) is 29.5 Å². The van der Waals surface area contributed by atoms with Crippen LogP contribution in [0, 0.1) is 0 Å². The van der Waals surface area contributed by atoms with Gasteiger partial charge in [0.05, 0.1) is 12.7 Å². The van der Waals surface area contributed by atoms with Crippen molar-refractivity contribution in [1.29, 1.82) is 0 Å². The normalized spacial score (nSPS) is 10.3. The Kier molecular flexibility index (Phi) is 19.3. The first-order valence-corrected chi connectivity index (χ1v) is 12.3. The first kappa shape index (κ1) is 35.2. The lowest BCUT2D eigenvalue weighted by atomic mass is 9.93. The van der Waals surface area contributed by atoms with Gasteiger partial charge in [0, 0.05) is 53.0 Å². The standard InChI is InChI=1S/3C7H12N2.3C2H6/c1-7(2,3)6-4-8-5-9-6;1-7(2,3)9-5-4-8-6-9;1-7(2,3)6-8-4-5-9-6;3*1-2/h4-5H,1-3H3,(H,8,9);4-6H,1-3H3;4-5H,1-3H3,(H,8,9);3*1-2H3. The Bertz CT molecular complexity index is 615. The maximum atomic E-state index is 4.13. The van der Waals surface area contributed by atoms with Gasteiger partial charge in [-0.3, -0.25) is 0 Å². The van der Waals surface area contributed by atoms with Crippen LogP contribution in [0.3, 0.4) is 0 Å². The predicted octanol–water partition coefficient (Wildman–Crippen LogP) is 8.13. The van der Waals surface area contributed by atoms with Crippen LogP contribution in [0.4, 0.5) is 0 Å². The van der Waals surface area contributed by atoms with Gasteiger partial charge in [0.2, 0.25) is 0 Å². The SMILES string of the molecule is CC.CC.CC.CC(C)(C)c1cnc[nH]1.CC(C)(C)c1ncc[nH]1.CC(C)(C)n1ccnc1. The van der Waals surface area contributed by atoms with Gasteiger partial charge in [-0.15, -0.1) is 0 Å². The number of rotatable bonds is 0. The van der Waals surface area contributed by atoms with Crippen molar-refractivity contribution in [3.8, 4) is 0 Å². The van der Waals surface area contributed by atoms with Crippen LogP contribution in [0.5, 0.6) is 0 Å². The quantitative estimate of drug-likeness (QED) is 0.354. The zero-order valence-electron chi connectivity index (χ0n) is 24.3. The highest BCUT2D eigenvalue weighted by atomic mass is 15.1. The second-order valence-electron chi connectivity index (χ2n) is 9.54. The summed E-state index contributed by atoms with van der Waals surface area (Å²) in [6, 6.07) is 0. The Labute approximate surface area is 205 Å². The van der Waals surface area contributed by atoms with Gasteiger partial charge in [0.15, 0.2) is 0 Å². The molecule has 0 unspecified atom stereocenters. The highest BCUT2D eigenvalue weighted by molar-refractivity contribution is 5.07. The highest BCUT2D eigenvalue weighted by Gasteiger charge is 2.15. The third-order valence-corrected chi connectivity index (χ3v) is 3.79. The van der Waals surface area contributed by atoms with E-state index in [0.29, 0.717) is 0 Å². The van der Waals surface area contributed by atoms with E-state index in [9.17, 15) is 0 Å². The van der Waals surface area contributed by atoms with Crippen LogP contribution in [0.1, 0.15) is 115 Å². The van der Waals surface area contributed by atoms with E-state index in [1.165, 1.54) is 5.69 Å². The average molecular weight is 463 g/mol. The van der Waals surface area contributed by atoms with Crippen LogP contribution in [0.25, 0.3) is 0 Å². The van der Waals surface area contributed by atoms with E-state index < -0.39 is 0 Å². The van der Waals surface area contributed by atoms with Gasteiger partial charge >= 0.3 is 0 Å². The smallest absolute Gasteiger partial charge is 0.111 e. The molecule has 0 radical (unpaired) electrons. The van der Waals surface area contributed by atoms with Gasteiger partial charge in [-0.05, 0) is 20.8 Å². The van der Waals surface area contributed by atoms with Gasteiger partial charge < -0.3 is 14.5 Å². The lowest BCUT2D eigenvalue weighted by Crippen LogP contribution is -2.19. The molecule has 3 rings (SSSR count). The number of hydrogen-bond donors (Lipinski definition) is 2. The Morgan fingerprint density at radius 2 is 1.24 bits per heavy atom. The number of imidazole rings is 3. The molecule has 0 atom stereocenters. The molecule has 0 aromatic carbocycles. The molecule has 0 spiro atoms. The minimum Gasteiger partial charge on any atom is -0.348 e. The Balaban J connectivity index is -0.000000367. The first-order chi connectivity index (χ1) is 15.3. The fraction of sp³-hybridized carbons (Fsp3) is 0.667. The summed E-state index contributed by atoms with van der Waals surface area (Å²) in [6.07, 6.45) is 12.8. The van der Waals surface area contributed by atoms with Crippen molar-refractivity contribution in [3.05, 3.63) is 55.2 Å². The van der Waals surface area contributed by atoms with Crippen molar-refractivity contribution in [2.75, 3.05) is 0 Å². The lowest BCUT2D eigenvalue weighted by Gasteiger charge is -2.19. The van der Waals surface area contributed by atoms with Crippen molar-refractivity contribution in [2.24, 2.45) is 0 Å². The largest absolute Gasteiger partial charge is 0.348 e. The summed E-state index contributed by atoms with van der Waals surface area (Å²) < 4.78 is 2.08. The zero-order valence-corrected chi connectivity index (χ0v) is 24.3. The minimum atomic E-state index is 0.156. The molecule has 0 saturated carbocycles. The van der Waals surface area contributed by atoms with Gasteiger partial charge in [-0.1, -0.05) is 83.1 Å². The number of aromatic nitrogens is 6. The van der Waals surface area contributed by atoms with Crippen LogP contribution < -0.4 is 0 Å². The van der Waals surface area contributed by atoms with Crippen LogP contribution >= 0.6 is 0 Å². The van der Waals surface area contributed by atoms with Crippen molar-refractivity contribution < 1.29 is 0 Å². The Hall–Kier alpha value is -2.37. The molecule has 0 aliphatic rings. The molecule has 6 heteroatoms. The van der Waals surface area contributed by atoms with Crippen molar-refractivity contribution in [3.63, 3.8) is 0 Å². The zero-order chi connectivity index (χ0) is 26.7. The van der Waals surface area contributed by atoms with E-state index in [0.717, 1.165) is 5.82 Å². The molecule has 192 valence electrons. The predicted molar refractivity (Wildman–Crippen MR) is 146 cm³/mol. The maximum absolute atomic E-state index is 4.13. The molecule has 3 heterocycles. The number of aromatic amines is 2. The Morgan fingerprint density at radius 1 is 0.697 bits per heavy atom. The van der Waals surface area contributed by atoms with Crippen molar-refractivity contribution in [2.45, 2.75) is 120 Å². The van der Waals surface area contributed by atoms with Crippen LogP contribution in [-0.4, -0.2) is 29.5 Å². The second kappa shape index (κ2) is 18.1. The van der Waals surface area contributed by atoms with Crippen LogP contribution in [0.2, 0.25) is 0 Å². The van der Waals surface area contributed by atoms with E-state index in [4.69, 9.17) is 0 Å². The van der Waals surface area contributed by atoms with E-state index >= 15 is 0 Å². The molecule has 3 aromatic heterocycles. The van der Waals surface area contributed by atoms with Gasteiger partial charge in [0.25, 0.3) is 0 Å². The number of nitrogens with one attached hydrogen (secondary N) is 2. The molecular formula is C27H54N6. The third kappa shape index (κ3) is 16.9. The summed E-state index contributed by atoms with van der Waals surface area (Å²) >= 11 is 0. The molecule has 0 bridgehead atoms. The number of nitrogens with zero attached hydrogens (tertiary/aromatic N) is 4. The van der Waals surface area contributed by atoms with Crippen LogP contribution in [-0.2, 0) is 16.4 Å². The molecule has 6 nitrogen and oxygen atoms in total. The molecule has 2 N–H and O–H groups in total. The van der Waals surface area contributed by atoms with Gasteiger partial charge in [-0.2, -0.15) is 0 Å². The fourth-order valence-corrected chi connectivity index (χ4v) is 2.00. The van der Waals surface area contributed by atoms with E-state index in [-0.39, 0.29) is 16.4 Å². The monoisotopic (exact) mass is 462 g/mol. The summed E-state index contributed by atoms with van der Waals surface area (Å²) in [7, 11) is 0. The fourth-order valence-electron chi connectivity index (χ4n) is 2.00.